The summed E-state index contributed by atoms with van der Waals surface area (Å²) in [5.74, 6) is 0.989. The second kappa shape index (κ2) is 4.97. The molecule has 2 N–H and O–H groups in total. The van der Waals surface area contributed by atoms with Crippen molar-refractivity contribution in [2.24, 2.45) is 0 Å². The lowest BCUT2D eigenvalue weighted by Crippen LogP contribution is -2.21. The Kier molecular flexibility index (Phi) is 3.56. The molecule has 0 radical (unpaired) electrons. The number of nitrogen functional groups attached to an aromatic ring is 1. The molecule has 98 valence electrons. The number of nitrogens with zero attached hydrogens (tertiary/aromatic N) is 4. The van der Waals surface area contributed by atoms with E-state index in [1.54, 1.807) is 11.3 Å². The molecular weight excluding hydrogens is 246 g/mol. The Morgan fingerprint density at radius 1 is 1.39 bits per heavy atom. The SMILES string of the molecule is CCn1nc(C)c(N)c1N(C)Cc1scnc1C. The number of thiazole rings is 1. The molecular formula is C12H19N5S. The van der Waals surface area contributed by atoms with Gasteiger partial charge in [0.25, 0.3) is 0 Å². The number of hydrogen-bond donors (Lipinski definition) is 1. The van der Waals surface area contributed by atoms with Gasteiger partial charge in [0, 0.05) is 18.5 Å². The number of nitrogens with two attached hydrogens (primary N) is 1. The van der Waals surface area contributed by atoms with E-state index in [0.717, 1.165) is 36.0 Å². The van der Waals surface area contributed by atoms with Crippen molar-refractivity contribution in [3.63, 3.8) is 0 Å². The maximum Gasteiger partial charge on any atom is 0.150 e. The summed E-state index contributed by atoms with van der Waals surface area (Å²) in [6.07, 6.45) is 0. The molecule has 0 atom stereocenters. The zero-order valence-electron chi connectivity index (χ0n) is 11.3. The third-order valence-corrected chi connectivity index (χ3v) is 3.95. The number of anilines is 2. The zero-order chi connectivity index (χ0) is 13.3. The highest BCUT2D eigenvalue weighted by atomic mass is 32.1. The van der Waals surface area contributed by atoms with Crippen LogP contribution in [0.4, 0.5) is 11.5 Å². The number of aromatic nitrogens is 3. The monoisotopic (exact) mass is 265 g/mol. The molecule has 0 aliphatic carbocycles. The van der Waals surface area contributed by atoms with Crippen LogP contribution in [0.15, 0.2) is 5.51 Å². The fourth-order valence-corrected chi connectivity index (χ4v) is 2.80. The third kappa shape index (κ3) is 2.20. The summed E-state index contributed by atoms with van der Waals surface area (Å²) >= 11 is 1.68. The maximum absolute atomic E-state index is 6.11. The second-order valence-electron chi connectivity index (χ2n) is 4.36. The summed E-state index contributed by atoms with van der Waals surface area (Å²) < 4.78 is 1.95. The summed E-state index contributed by atoms with van der Waals surface area (Å²) in [7, 11) is 2.04. The van der Waals surface area contributed by atoms with Crippen molar-refractivity contribution in [3.8, 4) is 0 Å². The molecule has 2 rings (SSSR count). The minimum atomic E-state index is 0.765. The summed E-state index contributed by atoms with van der Waals surface area (Å²) in [6, 6.07) is 0. The first-order valence-corrected chi connectivity index (χ1v) is 6.85. The van der Waals surface area contributed by atoms with Crippen LogP contribution in [0.3, 0.4) is 0 Å². The standard InChI is InChI=1S/C12H19N5S/c1-5-17-12(11(13)9(3)15-17)16(4)6-10-8(2)14-7-18-10/h7H,5-6,13H2,1-4H3. The lowest BCUT2D eigenvalue weighted by molar-refractivity contribution is 0.641. The normalized spacial score (nSPS) is 10.9. The van der Waals surface area contributed by atoms with Crippen molar-refractivity contribution in [2.75, 3.05) is 17.7 Å². The first-order chi connectivity index (χ1) is 8.54. The molecule has 2 aromatic rings. The molecule has 0 amide bonds. The molecule has 0 fully saturated rings. The predicted molar refractivity (Wildman–Crippen MR) is 76.0 cm³/mol. The third-order valence-electron chi connectivity index (χ3n) is 3.03. The molecule has 0 saturated carbocycles. The molecule has 0 aliphatic rings. The first kappa shape index (κ1) is 12.9. The second-order valence-corrected chi connectivity index (χ2v) is 5.29. The van der Waals surface area contributed by atoms with Crippen LogP contribution in [0.1, 0.15) is 23.2 Å². The van der Waals surface area contributed by atoms with Crippen LogP contribution in [0.5, 0.6) is 0 Å². The Labute approximate surface area is 111 Å². The largest absolute Gasteiger partial charge is 0.394 e. The van der Waals surface area contributed by atoms with Crippen molar-refractivity contribution in [1.29, 1.82) is 0 Å². The van der Waals surface area contributed by atoms with Gasteiger partial charge in [0.1, 0.15) is 0 Å². The smallest absolute Gasteiger partial charge is 0.150 e. The average molecular weight is 265 g/mol. The van der Waals surface area contributed by atoms with Crippen LogP contribution in [0.2, 0.25) is 0 Å². The Balaban J connectivity index is 2.29. The number of aryl methyl sites for hydroxylation is 3. The summed E-state index contributed by atoms with van der Waals surface area (Å²) in [6.45, 7) is 7.68. The van der Waals surface area contributed by atoms with Crippen molar-refractivity contribution in [3.05, 3.63) is 21.8 Å². The van der Waals surface area contributed by atoms with Gasteiger partial charge >= 0.3 is 0 Å². The fourth-order valence-electron chi connectivity index (χ4n) is 1.97. The quantitative estimate of drug-likeness (QED) is 0.920. The van der Waals surface area contributed by atoms with Gasteiger partial charge in [-0.05, 0) is 20.8 Å². The van der Waals surface area contributed by atoms with Crippen molar-refractivity contribution in [2.45, 2.75) is 33.9 Å². The van der Waals surface area contributed by atoms with E-state index in [9.17, 15) is 0 Å². The minimum Gasteiger partial charge on any atom is -0.394 e. The molecule has 0 bridgehead atoms. The summed E-state index contributed by atoms with van der Waals surface area (Å²) in [5, 5.41) is 4.44. The van der Waals surface area contributed by atoms with E-state index in [1.165, 1.54) is 4.88 Å². The van der Waals surface area contributed by atoms with Gasteiger partial charge < -0.3 is 10.6 Å². The molecule has 2 aromatic heterocycles. The van der Waals surface area contributed by atoms with Crippen LogP contribution < -0.4 is 10.6 Å². The highest BCUT2D eigenvalue weighted by Crippen LogP contribution is 2.27. The van der Waals surface area contributed by atoms with Crippen molar-refractivity contribution in [1.82, 2.24) is 14.8 Å². The lowest BCUT2D eigenvalue weighted by Gasteiger charge is -2.20. The van der Waals surface area contributed by atoms with E-state index in [0.29, 0.717) is 0 Å². The molecule has 5 nitrogen and oxygen atoms in total. The molecule has 0 aromatic carbocycles. The van der Waals surface area contributed by atoms with Gasteiger partial charge in [-0.3, -0.25) is 0 Å². The topological polar surface area (TPSA) is 60.0 Å². The van der Waals surface area contributed by atoms with E-state index in [-0.39, 0.29) is 0 Å². The van der Waals surface area contributed by atoms with Gasteiger partial charge in [-0.15, -0.1) is 11.3 Å². The van der Waals surface area contributed by atoms with Crippen LogP contribution in [0, 0.1) is 13.8 Å². The molecule has 0 spiro atoms. The summed E-state index contributed by atoms with van der Waals surface area (Å²) in [5.41, 5.74) is 10.7. The van der Waals surface area contributed by atoms with Crippen LogP contribution >= 0.6 is 11.3 Å². The number of rotatable bonds is 4. The maximum atomic E-state index is 6.11. The Bertz CT molecular complexity index is 543. The average Bonchev–Trinajstić information content (AvgIpc) is 2.85. The molecule has 2 heterocycles. The fraction of sp³-hybridized carbons (Fsp3) is 0.500. The van der Waals surface area contributed by atoms with Gasteiger partial charge in [-0.1, -0.05) is 0 Å². The van der Waals surface area contributed by atoms with E-state index in [4.69, 9.17) is 5.73 Å². The van der Waals surface area contributed by atoms with Crippen molar-refractivity contribution < 1.29 is 0 Å². The molecule has 0 unspecified atom stereocenters. The van der Waals surface area contributed by atoms with Gasteiger partial charge in [0.05, 0.1) is 29.1 Å². The molecule has 0 saturated heterocycles. The van der Waals surface area contributed by atoms with Crippen LogP contribution in [-0.4, -0.2) is 21.8 Å². The zero-order valence-corrected chi connectivity index (χ0v) is 12.1. The number of hydrogen-bond acceptors (Lipinski definition) is 5. The van der Waals surface area contributed by atoms with Crippen molar-refractivity contribution >= 4 is 22.8 Å². The highest BCUT2D eigenvalue weighted by Gasteiger charge is 2.16. The van der Waals surface area contributed by atoms with E-state index in [2.05, 4.69) is 21.9 Å². The van der Waals surface area contributed by atoms with Gasteiger partial charge in [-0.25, -0.2) is 9.67 Å². The molecule has 6 heteroatoms. The van der Waals surface area contributed by atoms with Gasteiger partial charge in [0.2, 0.25) is 0 Å². The molecule has 0 aliphatic heterocycles. The predicted octanol–water partition coefficient (Wildman–Crippen LogP) is 2.19. The van der Waals surface area contributed by atoms with Gasteiger partial charge in [0.15, 0.2) is 5.82 Å². The molecule has 18 heavy (non-hydrogen) atoms. The van der Waals surface area contributed by atoms with E-state index in [1.807, 2.05) is 31.1 Å². The Hall–Kier alpha value is -1.56. The van der Waals surface area contributed by atoms with E-state index >= 15 is 0 Å². The van der Waals surface area contributed by atoms with Crippen LogP contribution in [0.25, 0.3) is 0 Å². The summed E-state index contributed by atoms with van der Waals surface area (Å²) in [4.78, 5) is 7.67. The van der Waals surface area contributed by atoms with E-state index < -0.39 is 0 Å². The minimum absolute atomic E-state index is 0.765. The Morgan fingerprint density at radius 3 is 2.67 bits per heavy atom. The van der Waals surface area contributed by atoms with Crippen LogP contribution in [-0.2, 0) is 13.1 Å². The highest BCUT2D eigenvalue weighted by molar-refractivity contribution is 7.09. The first-order valence-electron chi connectivity index (χ1n) is 5.97. The van der Waals surface area contributed by atoms with Gasteiger partial charge in [-0.2, -0.15) is 5.10 Å². The Morgan fingerprint density at radius 2 is 2.11 bits per heavy atom. The lowest BCUT2D eigenvalue weighted by atomic mass is 10.3.